The molecule has 2 heteroatoms. The van der Waals surface area contributed by atoms with Gasteiger partial charge in [-0.05, 0) is 37.3 Å². The van der Waals surface area contributed by atoms with Crippen LogP contribution in [0.5, 0.6) is 0 Å². The van der Waals surface area contributed by atoms with Gasteiger partial charge < -0.3 is 9.73 Å². The van der Waals surface area contributed by atoms with Crippen molar-refractivity contribution in [3.05, 3.63) is 24.2 Å². The first-order valence-corrected chi connectivity index (χ1v) is 5.89. The predicted octanol–water partition coefficient (Wildman–Crippen LogP) is 3.51. The monoisotopic (exact) mass is 207 g/mol. The van der Waals surface area contributed by atoms with Gasteiger partial charge in [0.05, 0.1) is 12.3 Å². The SMILES string of the molecule is C[C@@H](NC1CCCC1(C)C)c1ccco1. The normalized spacial score (nSPS) is 26.7. The number of furan rings is 1. The molecule has 2 atom stereocenters. The molecular formula is C13H21NO. The number of rotatable bonds is 3. The zero-order valence-corrected chi connectivity index (χ0v) is 9.92. The van der Waals surface area contributed by atoms with E-state index < -0.39 is 0 Å². The van der Waals surface area contributed by atoms with Crippen molar-refractivity contribution in [1.29, 1.82) is 0 Å². The zero-order chi connectivity index (χ0) is 10.9. The molecule has 2 nitrogen and oxygen atoms in total. The van der Waals surface area contributed by atoms with Gasteiger partial charge in [0.1, 0.15) is 5.76 Å². The highest BCUT2D eigenvalue weighted by Gasteiger charge is 2.35. The van der Waals surface area contributed by atoms with Crippen molar-refractivity contribution in [1.82, 2.24) is 5.32 Å². The molecule has 1 N–H and O–H groups in total. The molecule has 1 aromatic rings. The van der Waals surface area contributed by atoms with Gasteiger partial charge in [0.2, 0.25) is 0 Å². The molecule has 1 fully saturated rings. The van der Waals surface area contributed by atoms with E-state index in [2.05, 4.69) is 26.1 Å². The van der Waals surface area contributed by atoms with Gasteiger partial charge in [0.25, 0.3) is 0 Å². The first-order chi connectivity index (χ1) is 7.09. The van der Waals surface area contributed by atoms with E-state index in [0.29, 0.717) is 17.5 Å². The van der Waals surface area contributed by atoms with Crippen LogP contribution in [0.1, 0.15) is 51.8 Å². The lowest BCUT2D eigenvalue weighted by Gasteiger charge is -2.30. The molecule has 0 aliphatic heterocycles. The van der Waals surface area contributed by atoms with Crippen LogP contribution in [0.2, 0.25) is 0 Å². The van der Waals surface area contributed by atoms with E-state index in [1.807, 2.05) is 12.1 Å². The van der Waals surface area contributed by atoms with E-state index in [-0.39, 0.29) is 0 Å². The Morgan fingerprint density at radius 1 is 1.53 bits per heavy atom. The van der Waals surface area contributed by atoms with E-state index in [1.54, 1.807) is 6.26 Å². The molecule has 0 saturated heterocycles. The van der Waals surface area contributed by atoms with Gasteiger partial charge in [-0.15, -0.1) is 0 Å². The maximum atomic E-state index is 5.41. The second-order valence-corrected chi connectivity index (χ2v) is 5.34. The van der Waals surface area contributed by atoms with Gasteiger partial charge in [-0.25, -0.2) is 0 Å². The lowest BCUT2D eigenvalue weighted by Crippen LogP contribution is -2.39. The summed E-state index contributed by atoms with van der Waals surface area (Å²) in [6.07, 6.45) is 5.70. The highest BCUT2D eigenvalue weighted by Crippen LogP contribution is 2.38. The van der Waals surface area contributed by atoms with Gasteiger partial charge >= 0.3 is 0 Å². The molecule has 1 unspecified atom stereocenters. The highest BCUT2D eigenvalue weighted by molar-refractivity contribution is 5.04. The summed E-state index contributed by atoms with van der Waals surface area (Å²) < 4.78 is 5.41. The Hall–Kier alpha value is -0.760. The Balaban J connectivity index is 1.97. The Bertz CT molecular complexity index is 302. The molecule has 0 amide bonds. The molecule has 0 radical (unpaired) electrons. The second-order valence-electron chi connectivity index (χ2n) is 5.34. The standard InChI is InChI=1S/C13H21NO/c1-10(11-6-5-9-15-11)14-12-7-4-8-13(12,2)3/h5-6,9-10,12,14H,4,7-8H2,1-3H3/t10-,12?/m1/s1. The van der Waals surface area contributed by atoms with Crippen molar-refractivity contribution in [2.45, 2.75) is 52.1 Å². The van der Waals surface area contributed by atoms with Crippen molar-refractivity contribution in [3.63, 3.8) is 0 Å². The predicted molar refractivity (Wildman–Crippen MR) is 61.7 cm³/mol. The first-order valence-electron chi connectivity index (χ1n) is 5.89. The molecule has 0 bridgehead atoms. The van der Waals surface area contributed by atoms with Crippen molar-refractivity contribution in [3.8, 4) is 0 Å². The fourth-order valence-electron chi connectivity index (χ4n) is 2.56. The molecule has 1 aliphatic rings. The quantitative estimate of drug-likeness (QED) is 0.820. The van der Waals surface area contributed by atoms with Crippen LogP contribution in [-0.4, -0.2) is 6.04 Å². The lowest BCUT2D eigenvalue weighted by atomic mass is 9.87. The average molecular weight is 207 g/mol. The van der Waals surface area contributed by atoms with E-state index >= 15 is 0 Å². The zero-order valence-electron chi connectivity index (χ0n) is 9.92. The highest BCUT2D eigenvalue weighted by atomic mass is 16.3. The van der Waals surface area contributed by atoms with Crippen LogP contribution in [0.4, 0.5) is 0 Å². The third-order valence-corrected chi connectivity index (χ3v) is 3.68. The summed E-state index contributed by atoms with van der Waals surface area (Å²) in [5.74, 6) is 1.04. The van der Waals surface area contributed by atoms with E-state index in [0.717, 1.165) is 5.76 Å². The van der Waals surface area contributed by atoms with Crippen LogP contribution in [0.15, 0.2) is 22.8 Å². The minimum absolute atomic E-state index is 0.322. The Morgan fingerprint density at radius 3 is 2.87 bits per heavy atom. The van der Waals surface area contributed by atoms with Crippen molar-refractivity contribution in [2.75, 3.05) is 0 Å². The fourth-order valence-corrected chi connectivity index (χ4v) is 2.56. The third-order valence-electron chi connectivity index (χ3n) is 3.68. The van der Waals surface area contributed by atoms with E-state index in [4.69, 9.17) is 4.42 Å². The van der Waals surface area contributed by atoms with Gasteiger partial charge in [0, 0.05) is 6.04 Å². The van der Waals surface area contributed by atoms with Crippen LogP contribution in [0, 0.1) is 5.41 Å². The molecule has 1 aliphatic carbocycles. The molecule has 0 spiro atoms. The molecule has 1 heterocycles. The van der Waals surface area contributed by atoms with Crippen LogP contribution < -0.4 is 5.32 Å². The van der Waals surface area contributed by atoms with Gasteiger partial charge in [-0.2, -0.15) is 0 Å². The lowest BCUT2D eigenvalue weighted by molar-refractivity contribution is 0.256. The van der Waals surface area contributed by atoms with Crippen LogP contribution in [-0.2, 0) is 0 Å². The summed E-state index contributed by atoms with van der Waals surface area (Å²) in [4.78, 5) is 0. The van der Waals surface area contributed by atoms with Crippen molar-refractivity contribution < 1.29 is 4.42 Å². The summed E-state index contributed by atoms with van der Waals surface area (Å²) in [7, 11) is 0. The summed E-state index contributed by atoms with van der Waals surface area (Å²) in [6.45, 7) is 6.88. The summed E-state index contributed by atoms with van der Waals surface area (Å²) in [6, 6.07) is 4.94. The maximum absolute atomic E-state index is 5.41. The van der Waals surface area contributed by atoms with E-state index in [1.165, 1.54) is 19.3 Å². The Labute approximate surface area is 92.1 Å². The smallest absolute Gasteiger partial charge is 0.120 e. The fraction of sp³-hybridized carbons (Fsp3) is 0.692. The molecule has 2 rings (SSSR count). The van der Waals surface area contributed by atoms with Gasteiger partial charge in [-0.3, -0.25) is 0 Å². The Kier molecular flexibility index (Phi) is 2.87. The van der Waals surface area contributed by atoms with E-state index in [9.17, 15) is 0 Å². The summed E-state index contributed by atoms with van der Waals surface area (Å²) in [5.41, 5.74) is 0.431. The first kappa shape index (κ1) is 10.7. The van der Waals surface area contributed by atoms with Crippen molar-refractivity contribution in [2.24, 2.45) is 5.41 Å². The van der Waals surface area contributed by atoms with Crippen LogP contribution in [0.25, 0.3) is 0 Å². The third kappa shape index (κ3) is 2.25. The van der Waals surface area contributed by atoms with Crippen LogP contribution in [0.3, 0.4) is 0 Å². The molecular weight excluding hydrogens is 186 g/mol. The molecule has 0 aromatic carbocycles. The summed E-state index contributed by atoms with van der Waals surface area (Å²) >= 11 is 0. The number of nitrogens with one attached hydrogen (secondary N) is 1. The largest absolute Gasteiger partial charge is 0.468 e. The van der Waals surface area contributed by atoms with Crippen molar-refractivity contribution >= 4 is 0 Å². The maximum Gasteiger partial charge on any atom is 0.120 e. The molecule has 1 saturated carbocycles. The topological polar surface area (TPSA) is 25.2 Å². The molecule has 15 heavy (non-hydrogen) atoms. The average Bonchev–Trinajstić information content (AvgIpc) is 2.76. The molecule has 84 valence electrons. The van der Waals surface area contributed by atoms with Gasteiger partial charge in [0.15, 0.2) is 0 Å². The minimum Gasteiger partial charge on any atom is -0.468 e. The number of hydrogen-bond acceptors (Lipinski definition) is 2. The van der Waals surface area contributed by atoms with Gasteiger partial charge in [-0.1, -0.05) is 20.3 Å². The van der Waals surface area contributed by atoms with Crippen LogP contribution >= 0.6 is 0 Å². The second kappa shape index (κ2) is 4.01. The molecule has 1 aromatic heterocycles. The minimum atomic E-state index is 0.322. The summed E-state index contributed by atoms with van der Waals surface area (Å²) in [5, 5.41) is 3.68. The number of hydrogen-bond donors (Lipinski definition) is 1. The Morgan fingerprint density at radius 2 is 2.33 bits per heavy atom.